The molecular formula is C12H23N5O2. The third kappa shape index (κ3) is 4.27. The summed E-state index contributed by atoms with van der Waals surface area (Å²) in [4.78, 5) is 11.8. The molecule has 0 spiro atoms. The maximum atomic E-state index is 11.8. The summed E-state index contributed by atoms with van der Waals surface area (Å²) < 4.78 is 1.48. The highest BCUT2D eigenvalue weighted by Crippen LogP contribution is 2.13. The SMILES string of the molecule is CCC(O)(CC)CNC(=O)Cn1nnnc1C(C)C. The second-order valence-electron chi connectivity index (χ2n) is 5.06. The van der Waals surface area contributed by atoms with Crippen molar-refractivity contribution in [1.82, 2.24) is 25.5 Å². The highest BCUT2D eigenvalue weighted by molar-refractivity contribution is 5.75. The molecule has 0 bridgehead atoms. The van der Waals surface area contributed by atoms with E-state index in [0.29, 0.717) is 18.7 Å². The van der Waals surface area contributed by atoms with E-state index in [1.165, 1.54) is 4.68 Å². The van der Waals surface area contributed by atoms with Crippen molar-refractivity contribution < 1.29 is 9.90 Å². The third-order valence-electron chi connectivity index (χ3n) is 3.30. The molecular weight excluding hydrogens is 246 g/mol. The molecule has 1 aromatic rings. The van der Waals surface area contributed by atoms with Crippen molar-refractivity contribution in [2.75, 3.05) is 6.54 Å². The molecule has 0 unspecified atom stereocenters. The lowest BCUT2D eigenvalue weighted by atomic mass is 9.98. The lowest BCUT2D eigenvalue weighted by Gasteiger charge is -2.25. The number of aromatic nitrogens is 4. The molecule has 108 valence electrons. The van der Waals surface area contributed by atoms with Crippen molar-refractivity contribution in [3.05, 3.63) is 5.82 Å². The molecule has 19 heavy (non-hydrogen) atoms. The van der Waals surface area contributed by atoms with Gasteiger partial charge in [0.15, 0.2) is 5.82 Å². The molecule has 0 atom stereocenters. The Bertz CT molecular complexity index is 412. The molecule has 0 aliphatic rings. The van der Waals surface area contributed by atoms with Gasteiger partial charge in [0.05, 0.1) is 5.60 Å². The zero-order chi connectivity index (χ0) is 14.5. The van der Waals surface area contributed by atoms with E-state index in [0.717, 1.165) is 0 Å². The fourth-order valence-corrected chi connectivity index (χ4v) is 1.69. The largest absolute Gasteiger partial charge is 0.388 e. The van der Waals surface area contributed by atoms with Crippen LogP contribution in [0.2, 0.25) is 0 Å². The van der Waals surface area contributed by atoms with Crippen LogP contribution in [-0.4, -0.2) is 43.4 Å². The third-order valence-corrected chi connectivity index (χ3v) is 3.30. The summed E-state index contributed by atoms with van der Waals surface area (Å²) in [5.41, 5.74) is -0.836. The van der Waals surface area contributed by atoms with Crippen LogP contribution >= 0.6 is 0 Å². The van der Waals surface area contributed by atoms with Gasteiger partial charge in [-0.3, -0.25) is 4.79 Å². The first kappa shape index (κ1) is 15.6. The summed E-state index contributed by atoms with van der Waals surface area (Å²) in [5, 5.41) is 24.1. The van der Waals surface area contributed by atoms with Gasteiger partial charge in [-0.2, -0.15) is 0 Å². The molecule has 1 heterocycles. The number of aliphatic hydroxyl groups is 1. The molecule has 2 N–H and O–H groups in total. The van der Waals surface area contributed by atoms with Crippen LogP contribution in [0.1, 0.15) is 52.3 Å². The van der Waals surface area contributed by atoms with E-state index in [-0.39, 0.29) is 24.9 Å². The van der Waals surface area contributed by atoms with Crippen molar-refractivity contribution in [3.8, 4) is 0 Å². The molecule has 7 heteroatoms. The minimum absolute atomic E-state index is 0.0734. The average molecular weight is 269 g/mol. The van der Waals surface area contributed by atoms with E-state index in [1.807, 2.05) is 27.7 Å². The lowest BCUT2D eigenvalue weighted by molar-refractivity contribution is -0.123. The predicted octanol–water partition coefficient (Wildman–Crippen LogP) is 0.464. The number of tetrazole rings is 1. The van der Waals surface area contributed by atoms with Crippen LogP contribution in [0.15, 0.2) is 0 Å². The van der Waals surface area contributed by atoms with Crippen LogP contribution in [0.4, 0.5) is 0 Å². The Morgan fingerprint density at radius 2 is 2.05 bits per heavy atom. The molecule has 0 aliphatic heterocycles. The average Bonchev–Trinajstić information content (AvgIpc) is 2.84. The quantitative estimate of drug-likeness (QED) is 0.750. The number of rotatable bonds is 7. The van der Waals surface area contributed by atoms with Gasteiger partial charge < -0.3 is 10.4 Å². The molecule has 0 fully saturated rings. The molecule has 0 saturated carbocycles. The van der Waals surface area contributed by atoms with E-state index in [4.69, 9.17) is 0 Å². The minimum Gasteiger partial charge on any atom is -0.388 e. The van der Waals surface area contributed by atoms with Gasteiger partial charge in [-0.05, 0) is 23.3 Å². The highest BCUT2D eigenvalue weighted by Gasteiger charge is 2.23. The zero-order valence-corrected chi connectivity index (χ0v) is 12.1. The highest BCUT2D eigenvalue weighted by atomic mass is 16.3. The van der Waals surface area contributed by atoms with Gasteiger partial charge in [-0.25, -0.2) is 4.68 Å². The molecule has 1 rings (SSSR count). The van der Waals surface area contributed by atoms with Crippen LogP contribution in [-0.2, 0) is 11.3 Å². The Morgan fingerprint density at radius 3 is 2.58 bits per heavy atom. The number of hydrogen-bond donors (Lipinski definition) is 2. The molecule has 0 radical (unpaired) electrons. The van der Waals surface area contributed by atoms with Crippen molar-refractivity contribution in [2.24, 2.45) is 0 Å². The number of nitrogens with zero attached hydrogens (tertiary/aromatic N) is 4. The van der Waals surface area contributed by atoms with Gasteiger partial charge >= 0.3 is 0 Å². The monoisotopic (exact) mass is 269 g/mol. The number of amides is 1. The van der Waals surface area contributed by atoms with Gasteiger partial charge in [-0.1, -0.05) is 27.7 Å². The van der Waals surface area contributed by atoms with E-state index >= 15 is 0 Å². The summed E-state index contributed by atoms with van der Waals surface area (Å²) >= 11 is 0. The molecule has 7 nitrogen and oxygen atoms in total. The van der Waals surface area contributed by atoms with Gasteiger partial charge in [-0.15, -0.1) is 5.10 Å². The summed E-state index contributed by atoms with van der Waals surface area (Å²) in [6.45, 7) is 8.05. The van der Waals surface area contributed by atoms with E-state index in [1.54, 1.807) is 0 Å². The first-order valence-electron chi connectivity index (χ1n) is 6.67. The molecule has 0 saturated heterocycles. The first-order valence-corrected chi connectivity index (χ1v) is 6.67. The molecule has 1 aromatic heterocycles. The van der Waals surface area contributed by atoms with Crippen molar-refractivity contribution in [2.45, 2.75) is 58.6 Å². The van der Waals surface area contributed by atoms with Crippen molar-refractivity contribution >= 4 is 5.91 Å². The van der Waals surface area contributed by atoms with Crippen molar-refractivity contribution in [1.29, 1.82) is 0 Å². The molecule has 0 aliphatic carbocycles. The van der Waals surface area contributed by atoms with Crippen LogP contribution in [0.25, 0.3) is 0 Å². The van der Waals surface area contributed by atoms with Crippen LogP contribution in [0.5, 0.6) is 0 Å². The Hall–Kier alpha value is -1.50. The number of carbonyl (C=O) groups is 1. The number of hydrogen-bond acceptors (Lipinski definition) is 5. The lowest BCUT2D eigenvalue weighted by Crippen LogP contribution is -2.43. The van der Waals surface area contributed by atoms with Crippen LogP contribution in [0.3, 0.4) is 0 Å². The van der Waals surface area contributed by atoms with E-state index < -0.39 is 5.60 Å². The number of carbonyl (C=O) groups excluding carboxylic acids is 1. The van der Waals surface area contributed by atoms with Crippen molar-refractivity contribution in [3.63, 3.8) is 0 Å². The Kier molecular flexibility index (Phi) is 5.41. The van der Waals surface area contributed by atoms with Crippen LogP contribution < -0.4 is 5.32 Å². The predicted molar refractivity (Wildman–Crippen MR) is 70.4 cm³/mol. The summed E-state index contributed by atoms with van der Waals surface area (Å²) in [7, 11) is 0. The smallest absolute Gasteiger partial charge is 0.241 e. The maximum absolute atomic E-state index is 11.8. The normalized spacial score (nSPS) is 11.9. The van der Waals surface area contributed by atoms with E-state index in [9.17, 15) is 9.90 Å². The van der Waals surface area contributed by atoms with E-state index in [2.05, 4.69) is 20.8 Å². The fourth-order valence-electron chi connectivity index (χ4n) is 1.69. The minimum atomic E-state index is -0.836. The summed E-state index contributed by atoms with van der Waals surface area (Å²) in [5.74, 6) is 0.636. The van der Waals surface area contributed by atoms with Gasteiger partial charge in [0.1, 0.15) is 6.54 Å². The number of nitrogens with one attached hydrogen (secondary N) is 1. The van der Waals surface area contributed by atoms with Crippen LogP contribution in [0, 0.1) is 0 Å². The summed E-state index contributed by atoms with van der Waals surface area (Å²) in [6.07, 6.45) is 1.21. The second-order valence-corrected chi connectivity index (χ2v) is 5.06. The van der Waals surface area contributed by atoms with Gasteiger partial charge in [0, 0.05) is 12.5 Å². The second kappa shape index (κ2) is 6.60. The first-order chi connectivity index (χ1) is 8.91. The summed E-state index contributed by atoms with van der Waals surface area (Å²) in [6, 6.07) is 0. The van der Waals surface area contributed by atoms with Gasteiger partial charge in [0.2, 0.25) is 5.91 Å². The zero-order valence-electron chi connectivity index (χ0n) is 12.1. The van der Waals surface area contributed by atoms with Gasteiger partial charge in [0.25, 0.3) is 0 Å². The standard InChI is InChI=1S/C12H23N5O2/c1-5-12(19,6-2)8-13-10(18)7-17-11(9(3)4)14-15-16-17/h9,19H,5-8H2,1-4H3,(H,13,18). The Labute approximate surface area is 113 Å². The Morgan fingerprint density at radius 1 is 1.42 bits per heavy atom. The molecule has 1 amide bonds. The maximum Gasteiger partial charge on any atom is 0.241 e. The topological polar surface area (TPSA) is 92.9 Å². The molecule has 0 aromatic carbocycles. The Balaban J connectivity index is 2.54. The fraction of sp³-hybridized carbons (Fsp3) is 0.833.